The van der Waals surface area contributed by atoms with Gasteiger partial charge in [0.05, 0.1) is 11.7 Å². The Bertz CT molecular complexity index is 239. The summed E-state index contributed by atoms with van der Waals surface area (Å²) in [6, 6.07) is 0. The molecule has 1 heterocycles. The fourth-order valence-electron chi connectivity index (χ4n) is 3.34. The van der Waals surface area contributed by atoms with Crippen LogP contribution in [0.25, 0.3) is 0 Å². The molecule has 0 amide bonds. The Hall–Kier alpha value is -0.120. The van der Waals surface area contributed by atoms with E-state index in [9.17, 15) is 0 Å². The molecule has 3 nitrogen and oxygen atoms in total. The molecule has 19 heavy (non-hydrogen) atoms. The topological polar surface area (TPSA) is 30.5 Å². The van der Waals surface area contributed by atoms with Crippen LogP contribution in [0.4, 0.5) is 0 Å². The van der Waals surface area contributed by atoms with Crippen LogP contribution in [0.5, 0.6) is 0 Å². The lowest BCUT2D eigenvalue weighted by atomic mass is 9.98. The fraction of sp³-hybridized carbons (Fsp3) is 1.00. The first-order chi connectivity index (χ1) is 9.35. The van der Waals surface area contributed by atoms with Gasteiger partial charge in [-0.2, -0.15) is 0 Å². The zero-order valence-electron chi connectivity index (χ0n) is 12.6. The van der Waals surface area contributed by atoms with E-state index in [-0.39, 0.29) is 5.60 Å². The number of hydrogen-bond donors (Lipinski definition) is 1. The largest absolute Gasteiger partial charge is 0.381 e. The third kappa shape index (κ3) is 5.05. The number of unbranched alkanes of at least 4 members (excludes halogenated alkanes) is 1. The third-order valence-electron chi connectivity index (χ3n) is 4.51. The zero-order valence-corrected chi connectivity index (χ0v) is 12.6. The first kappa shape index (κ1) is 15.3. The minimum absolute atomic E-state index is 0.287. The molecule has 2 fully saturated rings. The van der Waals surface area contributed by atoms with E-state index in [1.54, 1.807) is 0 Å². The van der Waals surface area contributed by atoms with Crippen molar-refractivity contribution < 1.29 is 9.47 Å². The van der Waals surface area contributed by atoms with E-state index >= 15 is 0 Å². The molecule has 2 rings (SSSR count). The highest BCUT2D eigenvalue weighted by Gasteiger charge is 2.41. The highest BCUT2D eigenvalue weighted by atomic mass is 16.5. The molecule has 1 saturated heterocycles. The lowest BCUT2D eigenvalue weighted by Gasteiger charge is -2.23. The van der Waals surface area contributed by atoms with E-state index in [4.69, 9.17) is 9.47 Å². The molecule has 1 N–H and O–H groups in total. The van der Waals surface area contributed by atoms with Gasteiger partial charge in [0.2, 0.25) is 0 Å². The molecule has 1 spiro atoms. The van der Waals surface area contributed by atoms with Crippen molar-refractivity contribution in [3.63, 3.8) is 0 Å². The second-order valence-corrected chi connectivity index (χ2v) is 6.19. The molecule has 3 heteroatoms. The quantitative estimate of drug-likeness (QED) is 0.652. The fourth-order valence-corrected chi connectivity index (χ4v) is 3.34. The van der Waals surface area contributed by atoms with E-state index < -0.39 is 0 Å². The maximum atomic E-state index is 6.28. The summed E-state index contributed by atoms with van der Waals surface area (Å²) in [4.78, 5) is 0. The van der Waals surface area contributed by atoms with E-state index in [0.29, 0.717) is 6.10 Å². The summed E-state index contributed by atoms with van der Waals surface area (Å²) in [5.41, 5.74) is 0.287. The molecule has 0 bridgehead atoms. The molecule has 1 unspecified atom stereocenters. The van der Waals surface area contributed by atoms with Crippen molar-refractivity contribution in [1.82, 2.24) is 5.32 Å². The van der Waals surface area contributed by atoms with E-state index in [1.807, 2.05) is 0 Å². The molecular weight excluding hydrogens is 238 g/mol. The van der Waals surface area contributed by atoms with Gasteiger partial charge in [0.15, 0.2) is 0 Å². The molecule has 1 atom stereocenters. The maximum absolute atomic E-state index is 6.28. The molecule has 2 aliphatic rings. The van der Waals surface area contributed by atoms with Crippen LogP contribution in [-0.2, 0) is 9.47 Å². The predicted octanol–water partition coefficient (Wildman–Crippen LogP) is 3.27. The van der Waals surface area contributed by atoms with Crippen LogP contribution in [0.3, 0.4) is 0 Å². The summed E-state index contributed by atoms with van der Waals surface area (Å²) < 4.78 is 11.8. The standard InChI is InChI=1S/C16H31NO2/c1-2-3-12-18-13-6-11-17-14-15-7-10-16(19-15)8-4-5-9-16/h15,17H,2-14H2,1H3. The second-order valence-electron chi connectivity index (χ2n) is 6.19. The molecule has 1 aliphatic carbocycles. The van der Waals surface area contributed by atoms with Crippen molar-refractivity contribution in [3.05, 3.63) is 0 Å². The molecule has 1 saturated carbocycles. The average molecular weight is 269 g/mol. The minimum atomic E-state index is 0.287. The number of nitrogens with one attached hydrogen (secondary N) is 1. The Balaban J connectivity index is 1.44. The van der Waals surface area contributed by atoms with Gasteiger partial charge in [0, 0.05) is 19.8 Å². The number of ether oxygens (including phenoxy) is 2. The first-order valence-electron chi connectivity index (χ1n) is 8.31. The number of hydrogen-bond acceptors (Lipinski definition) is 3. The monoisotopic (exact) mass is 269 g/mol. The summed E-state index contributed by atoms with van der Waals surface area (Å²) in [6.45, 7) is 6.09. The van der Waals surface area contributed by atoms with Gasteiger partial charge < -0.3 is 14.8 Å². The lowest BCUT2D eigenvalue weighted by Crippen LogP contribution is -2.31. The van der Waals surface area contributed by atoms with Gasteiger partial charge in [-0.1, -0.05) is 26.2 Å². The Kier molecular flexibility index (Phi) is 6.62. The van der Waals surface area contributed by atoms with Crippen molar-refractivity contribution in [2.24, 2.45) is 0 Å². The van der Waals surface area contributed by atoms with E-state index in [2.05, 4.69) is 12.2 Å². The van der Waals surface area contributed by atoms with Crippen molar-refractivity contribution in [1.29, 1.82) is 0 Å². The summed E-state index contributed by atoms with van der Waals surface area (Å²) in [7, 11) is 0. The molecule has 112 valence electrons. The summed E-state index contributed by atoms with van der Waals surface area (Å²) in [5, 5.41) is 3.52. The highest BCUT2D eigenvalue weighted by Crippen LogP contribution is 2.43. The first-order valence-corrected chi connectivity index (χ1v) is 8.31. The van der Waals surface area contributed by atoms with Crippen LogP contribution in [0.15, 0.2) is 0 Å². The van der Waals surface area contributed by atoms with Gasteiger partial charge in [-0.05, 0) is 45.1 Å². The molecule has 0 aromatic rings. The van der Waals surface area contributed by atoms with Crippen molar-refractivity contribution >= 4 is 0 Å². The lowest BCUT2D eigenvalue weighted by molar-refractivity contribution is -0.0351. The Labute approximate surface area is 118 Å². The summed E-state index contributed by atoms with van der Waals surface area (Å²) >= 11 is 0. The van der Waals surface area contributed by atoms with Crippen molar-refractivity contribution in [2.45, 2.75) is 76.4 Å². The third-order valence-corrected chi connectivity index (χ3v) is 4.51. The molecule has 0 radical (unpaired) electrons. The Morgan fingerprint density at radius 2 is 1.95 bits per heavy atom. The number of rotatable bonds is 9. The molecule has 0 aromatic carbocycles. The van der Waals surface area contributed by atoms with Crippen LogP contribution < -0.4 is 5.32 Å². The van der Waals surface area contributed by atoms with Crippen LogP contribution in [-0.4, -0.2) is 38.0 Å². The SMILES string of the molecule is CCCCOCCCNCC1CCC2(CCCC2)O1. The molecular formula is C16H31NO2. The minimum Gasteiger partial charge on any atom is -0.381 e. The van der Waals surface area contributed by atoms with Gasteiger partial charge in [-0.3, -0.25) is 0 Å². The van der Waals surface area contributed by atoms with E-state index in [1.165, 1.54) is 51.4 Å². The van der Waals surface area contributed by atoms with Crippen LogP contribution in [0.2, 0.25) is 0 Å². The highest BCUT2D eigenvalue weighted by molar-refractivity contribution is 4.93. The predicted molar refractivity (Wildman–Crippen MR) is 78.5 cm³/mol. The molecule has 1 aliphatic heterocycles. The van der Waals surface area contributed by atoms with Crippen molar-refractivity contribution in [3.8, 4) is 0 Å². The van der Waals surface area contributed by atoms with Gasteiger partial charge in [0.1, 0.15) is 0 Å². The van der Waals surface area contributed by atoms with Crippen molar-refractivity contribution in [2.75, 3.05) is 26.3 Å². The van der Waals surface area contributed by atoms with Gasteiger partial charge >= 0.3 is 0 Å². The smallest absolute Gasteiger partial charge is 0.0708 e. The normalized spacial score (nSPS) is 25.4. The van der Waals surface area contributed by atoms with Crippen LogP contribution in [0, 0.1) is 0 Å². The maximum Gasteiger partial charge on any atom is 0.0708 e. The van der Waals surface area contributed by atoms with E-state index in [0.717, 1.165) is 32.7 Å². The Morgan fingerprint density at radius 1 is 1.16 bits per heavy atom. The summed E-state index contributed by atoms with van der Waals surface area (Å²) in [5.74, 6) is 0. The van der Waals surface area contributed by atoms with Gasteiger partial charge in [-0.15, -0.1) is 0 Å². The summed E-state index contributed by atoms with van der Waals surface area (Å²) in [6.07, 6.45) is 11.9. The van der Waals surface area contributed by atoms with Gasteiger partial charge in [-0.25, -0.2) is 0 Å². The van der Waals surface area contributed by atoms with Crippen LogP contribution >= 0.6 is 0 Å². The average Bonchev–Trinajstić information content (AvgIpc) is 3.04. The Morgan fingerprint density at radius 3 is 2.74 bits per heavy atom. The van der Waals surface area contributed by atoms with Crippen LogP contribution in [0.1, 0.15) is 64.7 Å². The second kappa shape index (κ2) is 8.23. The zero-order chi connectivity index (χ0) is 13.4. The molecule has 0 aromatic heterocycles. The van der Waals surface area contributed by atoms with Gasteiger partial charge in [0.25, 0.3) is 0 Å².